The number of hydrogen-bond acceptors (Lipinski definition) is 9. The van der Waals surface area contributed by atoms with E-state index in [9.17, 15) is 24.2 Å². The first kappa shape index (κ1) is 55.9. The van der Waals surface area contributed by atoms with E-state index in [2.05, 4.69) is 54.8 Å². The van der Waals surface area contributed by atoms with Gasteiger partial charge in [0.2, 0.25) is 0 Å². The van der Waals surface area contributed by atoms with Crippen LogP contribution in [-0.4, -0.2) is 65.7 Å². The lowest BCUT2D eigenvalue weighted by atomic mass is 10.0. The molecule has 0 aliphatic carbocycles. The number of hydrogen-bond donors (Lipinski definition) is 3. The monoisotopic (exact) mass is 841 g/mol. The van der Waals surface area contributed by atoms with Gasteiger partial charge in [0.15, 0.2) is 6.10 Å². The molecular formula is C47H85O10P. The van der Waals surface area contributed by atoms with E-state index in [1.54, 1.807) is 0 Å². The number of phosphoric ester groups is 1. The van der Waals surface area contributed by atoms with Gasteiger partial charge in [-0.25, -0.2) is 4.57 Å². The van der Waals surface area contributed by atoms with E-state index in [0.29, 0.717) is 12.8 Å². The summed E-state index contributed by atoms with van der Waals surface area (Å²) in [4.78, 5) is 35.0. The molecule has 0 rings (SSSR count). The third-order valence-electron chi connectivity index (χ3n) is 9.76. The second-order valence-corrected chi connectivity index (χ2v) is 16.9. The Morgan fingerprint density at radius 1 is 0.534 bits per heavy atom. The van der Waals surface area contributed by atoms with E-state index in [-0.39, 0.29) is 19.4 Å². The summed E-state index contributed by atoms with van der Waals surface area (Å²) in [6.07, 6.45) is 46.8. The Hall–Kier alpha value is -2.07. The number of ether oxygens (including phenoxy) is 2. The zero-order valence-electron chi connectivity index (χ0n) is 36.8. The van der Waals surface area contributed by atoms with Gasteiger partial charge in [-0.15, -0.1) is 0 Å². The molecule has 0 radical (unpaired) electrons. The molecule has 3 unspecified atom stereocenters. The number of unbranched alkanes of at least 4 members (excludes halogenated alkanes) is 21. The van der Waals surface area contributed by atoms with Crippen LogP contribution in [0.5, 0.6) is 0 Å². The van der Waals surface area contributed by atoms with Gasteiger partial charge in [0.25, 0.3) is 0 Å². The summed E-state index contributed by atoms with van der Waals surface area (Å²) in [5, 5.41) is 18.3. The molecule has 0 fully saturated rings. The van der Waals surface area contributed by atoms with Crippen molar-refractivity contribution in [3.63, 3.8) is 0 Å². The molecule has 58 heavy (non-hydrogen) atoms. The summed E-state index contributed by atoms with van der Waals surface area (Å²) in [5.41, 5.74) is 0. The van der Waals surface area contributed by atoms with Gasteiger partial charge in [-0.1, -0.05) is 197 Å². The van der Waals surface area contributed by atoms with Crippen molar-refractivity contribution in [2.45, 2.75) is 212 Å². The normalized spacial score (nSPS) is 14.2. The number of phosphoric acid groups is 1. The minimum atomic E-state index is -4.64. The lowest BCUT2D eigenvalue weighted by molar-refractivity contribution is -0.161. The summed E-state index contributed by atoms with van der Waals surface area (Å²) >= 11 is 0. The van der Waals surface area contributed by atoms with Crippen LogP contribution in [0.3, 0.4) is 0 Å². The predicted molar refractivity (Wildman–Crippen MR) is 237 cm³/mol. The Balaban J connectivity index is 4.21. The molecule has 0 aromatic carbocycles. The Bertz CT molecular complexity index is 1110. The van der Waals surface area contributed by atoms with Gasteiger partial charge in [0.1, 0.15) is 12.7 Å². The van der Waals surface area contributed by atoms with Crippen LogP contribution in [0.1, 0.15) is 200 Å². The van der Waals surface area contributed by atoms with Crippen molar-refractivity contribution in [2.24, 2.45) is 0 Å². The van der Waals surface area contributed by atoms with E-state index >= 15 is 0 Å². The molecule has 0 spiro atoms. The number of allylic oxidation sites excluding steroid dienone is 8. The van der Waals surface area contributed by atoms with Gasteiger partial charge in [0.05, 0.1) is 19.8 Å². The topological polar surface area (TPSA) is 149 Å². The summed E-state index contributed by atoms with van der Waals surface area (Å²) in [6, 6.07) is 0. The number of carbonyl (C=O) groups excluding carboxylic acids is 2. The van der Waals surface area contributed by atoms with Crippen molar-refractivity contribution < 1.29 is 47.8 Å². The fourth-order valence-corrected chi connectivity index (χ4v) is 7.03. The van der Waals surface area contributed by atoms with Crippen LogP contribution in [-0.2, 0) is 32.7 Å². The second kappa shape index (κ2) is 43.0. The molecule has 0 saturated carbocycles. The van der Waals surface area contributed by atoms with Crippen LogP contribution in [0, 0.1) is 0 Å². The molecule has 0 aliphatic heterocycles. The lowest BCUT2D eigenvalue weighted by Gasteiger charge is -2.20. The van der Waals surface area contributed by atoms with Crippen molar-refractivity contribution in [1.82, 2.24) is 0 Å². The number of aliphatic hydroxyl groups excluding tert-OH is 2. The van der Waals surface area contributed by atoms with Crippen LogP contribution in [0.2, 0.25) is 0 Å². The third kappa shape index (κ3) is 42.1. The molecule has 0 heterocycles. The summed E-state index contributed by atoms with van der Waals surface area (Å²) in [7, 11) is -4.64. The molecule has 3 atom stereocenters. The summed E-state index contributed by atoms with van der Waals surface area (Å²) < 4.78 is 32.6. The van der Waals surface area contributed by atoms with Crippen molar-refractivity contribution in [1.29, 1.82) is 0 Å². The Morgan fingerprint density at radius 2 is 0.948 bits per heavy atom. The Labute approximate surface area is 353 Å². The van der Waals surface area contributed by atoms with Gasteiger partial charge < -0.3 is 24.6 Å². The third-order valence-corrected chi connectivity index (χ3v) is 10.7. The van der Waals surface area contributed by atoms with Crippen LogP contribution in [0.4, 0.5) is 0 Å². The number of rotatable bonds is 43. The molecule has 338 valence electrons. The summed E-state index contributed by atoms with van der Waals surface area (Å²) in [6.45, 7) is 2.20. The quantitative estimate of drug-likeness (QED) is 0.0234. The fraction of sp³-hybridized carbons (Fsp3) is 0.787. The largest absolute Gasteiger partial charge is 0.472 e. The standard InChI is InChI=1S/C47H85O10P/c1-3-5-7-9-11-13-15-17-18-19-20-21-22-23-24-25-27-28-30-32-34-36-38-46(50)54-42-45(43-56-58(52,53)55-41-44(49)40-48)57-47(51)39-37-35-33-31-29-26-16-14-12-10-8-6-4-2/h6,8,12,14,26,29,33,35,44-45,48-49H,3-5,7,9-11,13,15-25,27-28,30-32,34,36-43H2,1-2H3,(H,52,53)/b8-6-,14-12-,29-26-,35-33-. The highest BCUT2D eigenvalue weighted by Gasteiger charge is 2.27. The highest BCUT2D eigenvalue weighted by Crippen LogP contribution is 2.43. The first-order valence-corrected chi connectivity index (χ1v) is 24.6. The minimum Gasteiger partial charge on any atom is -0.462 e. The van der Waals surface area contributed by atoms with E-state index in [4.69, 9.17) is 19.1 Å². The maximum atomic E-state index is 12.6. The molecule has 0 saturated heterocycles. The zero-order chi connectivity index (χ0) is 42.6. The highest BCUT2D eigenvalue weighted by molar-refractivity contribution is 7.47. The van der Waals surface area contributed by atoms with E-state index < -0.39 is 51.8 Å². The first-order chi connectivity index (χ1) is 28.2. The average Bonchev–Trinajstić information content (AvgIpc) is 3.21. The Morgan fingerprint density at radius 3 is 1.40 bits per heavy atom. The molecule has 0 bridgehead atoms. The molecule has 0 amide bonds. The smallest absolute Gasteiger partial charge is 0.462 e. The van der Waals surface area contributed by atoms with E-state index in [1.807, 2.05) is 12.2 Å². The predicted octanol–water partition coefficient (Wildman–Crippen LogP) is 12.5. The maximum absolute atomic E-state index is 12.6. The average molecular weight is 841 g/mol. The van der Waals surface area contributed by atoms with Crippen molar-refractivity contribution in [3.8, 4) is 0 Å². The van der Waals surface area contributed by atoms with E-state index in [0.717, 1.165) is 44.9 Å². The van der Waals surface area contributed by atoms with Crippen molar-refractivity contribution in [3.05, 3.63) is 48.6 Å². The fourth-order valence-electron chi connectivity index (χ4n) is 6.24. The molecule has 0 aromatic heterocycles. The molecule has 0 aromatic rings. The van der Waals surface area contributed by atoms with Crippen LogP contribution in [0.15, 0.2) is 48.6 Å². The molecule has 3 N–H and O–H groups in total. The molecular weight excluding hydrogens is 755 g/mol. The molecule has 0 aliphatic rings. The van der Waals surface area contributed by atoms with Gasteiger partial charge in [0, 0.05) is 12.8 Å². The van der Waals surface area contributed by atoms with E-state index in [1.165, 1.54) is 116 Å². The van der Waals surface area contributed by atoms with Crippen LogP contribution < -0.4 is 0 Å². The van der Waals surface area contributed by atoms with Crippen molar-refractivity contribution in [2.75, 3.05) is 26.4 Å². The second-order valence-electron chi connectivity index (χ2n) is 15.4. The van der Waals surface area contributed by atoms with Gasteiger partial charge in [-0.3, -0.25) is 18.6 Å². The van der Waals surface area contributed by atoms with Crippen LogP contribution in [0.25, 0.3) is 0 Å². The number of aliphatic hydroxyl groups is 2. The number of esters is 2. The molecule has 11 heteroatoms. The van der Waals surface area contributed by atoms with Crippen molar-refractivity contribution >= 4 is 19.8 Å². The maximum Gasteiger partial charge on any atom is 0.472 e. The zero-order valence-corrected chi connectivity index (χ0v) is 37.6. The SMILES string of the molecule is CC/C=C\C/C=C\C/C=C\C/C=C\CCC(=O)OC(COC(=O)CCCCCCCCCCCCCCCCCCCCCCCC)COP(=O)(O)OCC(O)CO. The van der Waals surface area contributed by atoms with Gasteiger partial charge >= 0.3 is 19.8 Å². The minimum absolute atomic E-state index is 0.0636. The first-order valence-electron chi connectivity index (χ1n) is 23.1. The summed E-state index contributed by atoms with van der Waals surface area (Å²) in [5.74, 6) is -1.01. The molecule has 10 nitrogen and oxygen atoms in total. The highest BCUT2D eigenvalue weighted by atomic mass is 31.2. The lowest BCUT2D eigenvalue weighted by Crippen LogP contribution is -2.29. The Kier molecular flexibility index (Phi) is 41.5. The number of carbonyl (C=O) groups is 2. The van der Waals surface area contributed by atoms with Crippen LogP contribution >= 0.6 is 7.82 Å². The van der Waals surface area contributed by atoms with Gasteiger partial charge in [-0.2, -0.15) is 0 Å². The van der Waals surface area contributed by atoms with Gasteiger partial charge in [-0.05, 0) is 38.5 Å².